The van der Waals surface area contributed by atoms with Crippen molar-refractivity contribution in [3.8, 4) is 11.5 Å². The SMILES string of the molecule is CCOc1cc([C@@H](N)CC)ccc1OC. The highest BCUT2D eigenvalue weighted by molar-refractivity contribution is 5.43. The number of hydrogen-bond acceptors (Lipinski definition) is 3. The summed E-state index contributed by atoms with van der Waals surface area (Å²) in [6.07, 6.45) is 0.915. The third-order valence-corrected chi connectivity index (χ3v) is 2.36. The van der Waals surface area contributed by atoms with Crippen LogP contribution in [0, 0.1) is 0 Å². The third-order valence-electron chi connectivity index (χ3n) is 2.36. The van der Waals surface area contributed by atoms with Crippen molar-refractivity contribution >= 4 is 0 Å². The lowest BCUT2D eigenvalue weighted by atomic mass is 10.1. The molecule has 0 saturated heterocycles. The van der Waals surface area contributed by atoms with E-state index in [1.165, 1.54) is 0 Å². The molecule has 0 spiro atoms. The van der Waals surface area contributed by atoms with Gasteiger partial charge in [0.05, 0.1) is 13.7 Å². The summed E-state index contributed by atoms with van der Waals surface area (Å²) < 4.78 is 10.7. The Morgan fingerprint density at radius 3 is 2.53 bits per heavy atom. The molecule has 0 aliphatic rings. The molecule has 1 aromatic rings. The Labute approximate surface area is 91.2 Å². The third kappa shape index (κ3) is 2.86. The summed E-state index contributed by atoms with van der Waals surface area (Å²) in [7, 11) is 1.64. The molecule has 0 aliphatic heterocycles. The second-order valence-corrected chi connectivity index (χ2v) is 3.36. The highest BCUT2D eigenvalue weighted by Crippen LogP contribution is 2.30. The molecule has 1 aromatic carbocycles. The van der Waals surface area contributed by atoms with Gasteiger partial charge in [-0.1, -0.05) is 13.0 Å². The van der Waals surface area contributed by atoms with Crippen LogP contribution in [0.15, 0.2) is 18.2 Å². The van der Waals surface area contributed by atoms with Crippen molar-refractivity contribution in [2.75, 3.05) is 13.7 Å². The van der Waals surface area contributed by atoms with Gasteiger partial charge >= 0.3 is 0 Å². The summed E-state index contributed by atoms with van der Waals surface area (Å²) in [5.41, 5.74) is 7.04. The van der Waals surface area contributed by atoms with Crippen molar-refractivity contribution in [2.45, 2.75) is 26.3 Å². The summed E-state index contributed by atoms with van der Waals surface area (Å²) in [4.78, 5) is 0. The maximum Gasteiger partial charge on any atom is 0.161 e. The molecule has 1 atom stereocenters. The molecule has 0 amide bonds. The zero-order chi connectivity index (χ0) is 11.3. The minimum atomic E-state index is 0.0649. The van der Waals surface area contributed by atoms with Crippen LogP contribution in [0.2, 0.25) is 0 Å². The van der Waals surface area contributed by atoms with E-state index in [1.807, 2.05) is 25.1 Å². The van der Waals surface area contributed by atoms with Crippen LogP contribution in [0.3, 0.4) is 0 Å². The Hall–Kier alpha value is -1.22. The molecule has 3 nitrogen and oxygen atoms in total. The number of benzene rings is 1. The zero-order valence-electron chi connectivity index (χ0n) is 9.62. The summed E-state index contributed by atoms with van der Waals surface area (Å²) in [6.45, 7) is 4.64. The van der Waals surface area contributed by atoms with Gasteiger partial charge in [-0.05, 0) is 31.0 Å². The van der Waals surface area contributed by atoms with E-state index in [0.717, 1.165) is 23.5 Å². The van der Waals surface area contributed by atoms with Gasteiger partial charge in [0.15, 0.2) is 11.5 Å². The van der Waals surface area contributed by atoms with Crippen molar-refractivity contribution in [1.82, 2.24) is 0 Å². The predicted molar refractivity (Wildman–Crippen MR) is 61.4 cm³/mol. The van der Waals surface area contributed by atoms with Crippen LogP contribution in [0.25, 0.3) is 0 Å². The van der Waals surface area contributed by atoms with Crippen LogP contribution in [-0.4, -0.2) is 13.7 Å². The molecule has 0 unspecified atom stereocenters. The molecule has 0 fully saturated rings. The molecule has 3 heteroatoms. The summed E-state index contributed by atoms with van der Waals surface area (Å²) in [6, 6.07) is 5.90. The average Bonchev–Trinajstić information content (AvgIpc) is 2.28. The van der Waals surface area contributed by atoms with Gasteiger partial charge in [-0.25, -0.2) is 0 Å². The van der Waals surface area contributed by atoms with Gasteiger partial charge in [0.1, 0.15) is 0 Å². The maximum atomic E-state index is 5.95. The van der Waals surface area contributed by atoms with Crippen LogP contribution in [0.1, 0.15) is 31.9 Å². The topological polar surface area (TPSA) is 44.5 Å². The van der Waals surface area contributed by atoms with Gasteiger partial charge < -0.3 is 15.2 Å². The minimum Gasteiger partial charge on any atom is -0.493 e. The molecular weight excluding hydrogens is 190 g/mol. The van der Waals surface area contributed by atoms with Crippen molar-refractivity contribution in [2.24, 2.45) is 5.73 Å². The van der Waals surface area contributed by atoms with Gasteiger partial charge in [-0.3, -0.25) is 0 Å². The van der Waals surface area contributed by atoms with Gasteiger partial charge in [0.2, 0.25) is 0 Å². The summed E-state index contributed by atoms with van der Waals surface area (Å²) in [5.74, 6) is 1.52. The monoisotopic (exact) mass is 209 g/mol. The average molecular weight is 209 g/mol. The van der Waals surface area contributed by atoms with Gasteiger partial charge in [-0.2, -0.15) is 0 Å². The number of hydrogen-bond donors (Lipinski definition) is 1. The van der Waals surface area contributed by atoms with E-state index in [0.29, 0.717) is 6.61 Å². The number of nitrogens with two attached hydrogens (primary N) is 1. The van der Waals surface area contributed by atoms with Crippen LogP contribution in [0.4, 0.5) is 0 Å². The van der Waals surface area contributed by atoms with Gasteiger partial charge in [-0.15, -0.1) is 0 Å². The molecule has 0 bridgehead atoms. The first-order valence-corrected chi connectivity index (χ1v) is 5.29. The first kappa shape index (κ1) is 11.9. The Morgan fingerprint density at radius 1 is 1.27 bits per heavy atom. The van der Waals surface area contributed by atoms with Crippen LogP contribution < -0.4 is 15.2 Å². The van der Waals surface area contributed by atoms with Gasteiger partial charge in [0, 0.05) is 6.04 Å². The van der Waals surface area contributed by atoms with Gasteiger partial charge in [0.25, 0.3) is 0 Å². The molecule has 0 saturated carbocycles. The Morgan fingerprint density at radius 2 is 2.00 bits per heavy atom. The van der Waals surface area contributed by atoms with Crippen molar-refractivity contribution < 1.29 is 9.47 Å². The van der Waals surface area contributed by atoms with Crippen LogP contribution in [-0.2, 0) is 0 Å². The second kappa shape index (κ2) is 5.61. The lowest BCUT2D eigenvalue weighted by Gasteiger charge is -2.14. The first-order chi connectivity index (χ1) is 7.22. The Kier molecular flexibility index (Phi) is 4.43. The van der Waals surface area contributed by atoms with E-state index in [1.54, 1.807) is 7.11 Å². The molecule has 0 aliphatic carbocycles. The fourth-order valence-electron chi connectivity index (χ4n) is 1.43. The van der Waals surface area contributed by atoms with Crippen molar-refractivity contribution in [3.05, 3.63) is 23.8 Å². The lowest BCUT2D eigenvalue weighted by molar-refractivity contribution is 0.310. The maximum absolute atomic E-state index is 5.95. The molecule has 0 aromatic heterocycles. The highest BCUT2D eigenvalue weighted by atomic mass is 16.5. The molecule has 1 rings (SSSR count). The molecular formula is C12H19NO2. The Balaban J connectivity index is 2.98. The number of rotatable bonds is 5. The number of methoxy groups -OCH3 is 1. The molecule has 0 radical (unpaired) electrons. The lowest BCUT2D eigenvalue weighted by Crippen LogP contribution is -2.09. The van der Waals surface area contributed by atoms with E-state index in [2.05, 4.69) is 6.92 Å². The summed E-state index contributed by atoms with van der Waals surface area (Å²) >= 11 is 0. The molecule has 15 heavy (non-hydrogen) atoms. The molecule has 84 valence electrons. The van der Waals surface area contributed by atoms with Crippen LogP contribution in [0.5, 0.6) is 11.5 Å². The largest absolute Gasteiger partial charge is 0.493 e. The fourth-order valence-corrected chi connectivity index (χ4v) is 1.43. The van der Waals surface area contributed by atoms with E-state index in [9.17, 15) is 0 Å². The minimum absolute atomic E-state index is 0.0649. The number of ether oxygens (including phenoxy) is 2. The second-order valence-electron chi connectivity index (χ2n) is 3.36. The normalized spacial score (nSPS) is 12.3. The predicted octanol–water partition coefficient (Wildman–Crippen LogP) is 2.50. The van der Waals surface area contributed by atoms with E-state index in [4.69, 9.17) is 15.2 Å². The van der Waals surface area contributed by atoms with E-state index in [-0.39, 0.29) is 6.04 Å². The van der Waals surface area contributed by atoms with Crippen molar-refractivity contribution in [1.29, 1.82) is 0 Å². The summed E-state index contributed by atoms with van der Waals surface area (Å²) in [5, 5.41) is 0. The molecule has 0 heterocycles. The van der Waals surface area contributed by atoms with Crippen molar-refractivity contribution in [3.63, 3.8) is 0 Å². The molecule has 2 N–H and O–H groups in total. The Bertz CT molecular complexity index is 312. The van der Waals surface area contributed by atoms with Crippen LogP contribution >= 0.6 is 0 Å². The standard InChI is InChI=1S/C12H19NO2/c1-4-10(13)9-6-7-11(14-3)12(8-9)15-5-2/h6-8,10H,4-5,13H2,1-3H3/t10-/m0/s1. The quantitative estimate of drug-likeness (QED) is 0.810. The first-order valence-electron chi connectivity index (χ1n) is 5.29. The van der Waals surface area contributed by atoms with E-state index < -0.39 is 0 Å². The smallest absolute Gasteiger partial charge is 0.161 e. The highest BCUT2D eigenvalue weighted by Gasteiger charge is 2.09. The van der Waals surface area contributed by atoms with E-state index >= 15 is 0 Å². The zero-order valence-corrected chi connectivity index (χ0v) is 9.62. The fraction of sp³-hybridized carbons (Fsp3) is 0.500.